The van der Waals surface area contributed by atoms with Crippen LogP contribution in [0, 0.1) is 0 Å². The molecule has 0 fully saturated rings. The Hall–Kier alpha value is -5.83. The van der Waals surface area contributed by atoms with Gasteiger partial charge in [0, 0.05) is 47.8 Å². The molecule has 3 aromatic heterocycles. The van der Waals surface area contributed by atoms with Crippen molar-refractivity contribution in [2.24, 2.45) is 0 Å². The lowest BCUT2D eigenvalue weighted by atomic mass is 10.0. The number of benzene rings is 2. The Morgan fingerprint density at radius 2 is 2.00 bits per heavy atom. The molecule has 4 heterocycles. The topological polar surface area (TPSA) is 195 Å². The van der Waals surface area contributed by atoms with E-state index < -0.39 is 23.6 Å². The second-order valence-corrected chi connectivity index (χ2v) is 10.4. The summed E-state index contributed by atoms with van der Waals surface area (Å²) in [5.41, 5.74) is 2.97. The predicted octanol–water partition coefficient (Wildman–Crippen LogP) is 3.25. The van der Waals surface area contributed by atoms with Crippen LogP contribution in [0.3, 0.4) is 0 Å². The van der Waals surface area contributed by atoms with E-state index >= 15 is 0 Å². The Bertz CT molecular complexity index is 1910. The van der Waals surface area contributed by atoms with E-state index in [0.717, 1.165) is 6.42 Å². The van der Waals surface area contributed by atoms with E-state index in [1.165, 1.54) is 17.1 Å². The van der Waals surface area contributed by atoms with Crippen molar-refractivity contribution in [2.45, 2.75) is 25.4 Å². The molecule has 16 heteroatoms. The van der Waals surface area contributed by atoms with E-state index in [2.05, 4.69) is 41.5 Å². The van der Waals surface area contributed by atoms with Crippen molar-refractivity contribution in [1.82, 2.24) is 45.5 Å². The lowest BCUT2D eigenvalue weighted by Gasteiger charge is -2.17. The van der Waals surface area contributed by atoms with Crippen LogP contribution in [0.25, 0.3) is 22.9 Å². The average molecular weight is 629 g/mol. The van der Waals surface area contributed by atoms with Gasteiger partial charge in [-0.2, -0.15) is 14.9 Å². The molecule has 4 N–H and O–H groups in total. The monoisotopic (exact) mass is 628 g/mol. The first-order chi connectivity index (χ1) is 21.8. The van der Waals surface area contributed by atoms with Crippen molar-refractivity contribution in [3.05, 3.63) is 99.3 Å². The molecule has 0 bridgehead atoms. The number of H-pyrrole nitrogens is 1. The number of carbonyl (C=O) groups is 2. The Morgan fingerprint density at radius 3 is 2.76 bits per heavy atom. The summed E-state index contributed by atoms with van der Waals surface area (Å²) in [7, 11) is 0. The number of amides is 2. The molecule has 45 heavy (non-hydrogen) atoms. The maximum absolute atomic E-state index is 13.3. The third-order valence-electron chi connectivity index (χ3n) is 6.91. The summed E-state index contributed by atoms with van der Waals surface area (Å²) in [5, 5.41) is 37.3. The molecular formula is C29H25ClN10O5. The van der Waals surface area contributed by atoms with Gasteiger partial charge in [0.25, 0.3) is 5.56 Å². The van der Waals surface area contributed by atoms with Crippen LogP contribution < -0.4 is 20.9 Å². The van der Waals surface area contributed by atoms with Crippen molar-refractivity contribution in [3.8, 4) is 22.7 Å². The number of tetrazole rings is 1. The van der Waals surface area contributed by atoms with Crippen LogP contribution in [0.5, 0.6) is 5.88 Å². The van der Waals surface area contributed by atoms with E-state index in [9.17, 15) is 14.4 Å². The Morgan fingerprint density at radius 1 is 1.16 bits per heavy atom. The highest BCUT2D eigenvalue weighted by Crippen LogP contribution is 2.25. The van der Waals surface area contributed by atoms with Crippen molar-refractivity contribution in [1.29, 1.82) is 0 Å². The molecular weight excluding hydrogens is 604 g/mol. The van der Waals surface area contributed by atoms with Gasteiger partial charge in [-0.1, -0.05) is 23.7 Å². The zero-order valence-corrected chi connectivity index (χ0v) is 24.2. The number of aryl methyl sites for hydroxylation is 1. The molecule has 6 rings (SSSR count). The number of aromatic nitrogens is 8. The molecule has 2 amide bonds. The van der Waals surface area contributed by atoms with Gasteiger partial charge in [-0.3, -0.25) is 14.9 Å². The predicted molar refractivity (Wildman–Crippen MR) is 162 cm³/mol. The van der Waals surface area contributed by atoms with Gasteiger partial charge in [-0.25, -0.2) is 14.6 Å². The first kappa shape index (κ1) is 29.3. The van der Waals surface area contributed by atoms with Crippen LogP contribution in [-0.4, -0.2) is 63.9 Å². The summed E-state index contributed by atoms with van der Waals surface area (Å²) in [4.78, 5) is 37.1. The number of nitrogens with one attached hydrogen (secondary N) is 3. The molecule has 15 nitrogen and oxygen atoms in total. The van der Waals surface area contributed by atoms with Gasteiger partial charge >= 0.3 is 6.09 Å². The summed E-state index contributed by atoms with van der Waals surface area (Å²) in [6.45, 7) is 1.31. The number of hydrogen-bond acceptors (Lipinski definition) is 9. The highest BCUT2D eigenvalue weighted by molar-refractivity contribution is 6.30. The van der Waals surface area contributed by atoms with E-state index in [-0.39, 0.29) is 12.0 Å². The number of rotatable bonds is 9. The van der Waals surface area contributed by atoms with Crippen molar-refractivity contribution in [2.75, 3.05) is 11.9 Å². The van der Waals surface area contributed by atoms with E-state index in [0.29, 0.717) is 57.9 Å². The third-order valence-corrected chi connectivity index (χ3v) is 7.15. The molecule has 1 unspecified atom stereocenters. The number of ether oxygens (including phenoxy) is 1. The fourth-order valence-corrected chi connectivity index (χ4v) is 5.03. The van der Waals surface area contributed by atoms with Gasteiger partial charge in [0.15, 0.2) is 0 Å². The molecule has 0 saturated heterocycles. The lowest BCUT2D eigenvalue weighted by Crippen LogP contribution is -2.30. The molecule has 1 aliphatic rings. The van der Waals surface area contributed by atoms with E-state index in [1.54, 1.807) is 59.3 Å². The number of fused-ring (bicyclic) bond motifs is 1. The number of anilines is 1. The normalized spacial score (nSPS) is 13.2. The summed E-state index contributed by atoms with van der Waals surface area (Å²) >= 11 is 6.22. The smallest absolute Gasteiger partial charge is 0.409 e. The Kier molecular flexibility index (Phi) is 8.32. The molecule has 0 radical (unpaired) electrons. The molecule has 228 valence electrons. The number of aromatic amines is 1. The van der Waals surface area contributed by atoms with Gasteiger partial charge in [-0.05, 0) is 58.5 Å². The standard InChI is InChI=1S/C29H25ClN10O5/c30-19-5-8-25(40-16-31-37-38-40)18(12-19)4-9-26(41)33-23(13-21-14-27-39(36-21)10-1-11-45-27)24-15-22(28(42)35-34-24)17-2-6-20(7-3-17)32-29(43)44/h2-9,12,14-16,23,32H,1,10-11,13H2,(H,33,41)(H,35,42)(H,43,44). The van der Waals surface area contributed by atoms with Gasteiger partial charge in [-0.15, -0.1) is 5.10 Å². The first-order valence-corrected chi connectivity index (χ1v) is 14.1. The highest BCUT2D eigenvalue weighted by Gasteiger charge is 2.22. The summed E-state index contributed by atoms with van der Waals surface area (Å²) in [6.07, 6.45) is 4.26. The van der Waals surface area contributed by atoms with Crippen LogP contribution in [-0.2, 0) is 17.8 Å². The zero-order chi connectivity index (χ0) is 31.3. The van der Waals surface area contributed by atoms with Crippen LogP contribution in [0.1, 0.15) is 29.4 Å². The van der Waals surface area contributed by atoms with Gasteiger partial charge in [0.1, 0.15) is 6.33 Å². The average Bonchev–Trinajstić information content (AvgIpc) is 3.70. The summed E-state index contributed by atoms with van der Waals surface area (Å²) in [6, 6.07) is 14.1. The number of nitrogens with zero attached hydrogens (tertiary/aromatic N) is 7. The minimum atomic E-state index is -1.20. The molecule has 0 aliphatic carbocycles. The second kappa shape index (κ2) is 12.8. The minimum Gasteiger partial charge on any atom is -0.478 e. The van der Waals surface area contributed by atoms with Gasteiger partial charge in [0.05, 0.1) is 35.3 Å². The van der Waals surface area contributed by atoms with Crippen molar-refractivity contribution < 1.29 is 19.4 Å². The van der Waals surface area contributed by atoms with Crippen LogP contribution in [0.2, 0.25) is 5.02 Å². The largest absolute Gasteiger partial charge is 0.478 e. The van der Waals surface area contributed by atoms with Crippen LogP contribution in [0.15, 0.2) is 71.8 Å². The van der Waals surface area contributed by atoms with Crippen LogP contribution >= 0.6 is 11.6 Å². The minimum absolute atomic E-state index is 0.246. The first-order valence-electron chi connectivity index (χ1n) is 13.7. The second-order valence-electron chi connectivity index (χ2n) is 10.00. The fourth-order valence-electron chi connectivity index (χ4n) is 4.85. The fraction of sp³-hybridized carbons (Fsp3) is 0.172. The zero-order valence-electron chi connectivity index (χ0n) is 23.4. The number of hydrogen-bond donors (Lipinski definition) is 4. The quantitative estimate of drug-likeness (QED) is 0.176. The van der Waals surface area contributed by atoms with Crippen molar-refractivity contribution >= 4 is 35.4 Å². The summed E-state index contributed by atoms with van der Waals surface area (Å²) < 4.78 is 8.94. The molecule has 1 atom stereocenters. The van der Waals surface area contributed by atoms with Crippen molar-refractivity contribution in [3.63, 3.8) is 0 Å². The highest BCUT2D eigenvalue weighted by atomic mass is 35.5. The summed E-state index contributed by atoms with van der Waals surface area (Å²) in [5.74, 6) is 0.198. The molecule has 2 aromatic carbocycles. The third kappa shape index (κ3) is 6.88. The molecule has 0 spiro atoms. The van der Waals surface area contributed by atoms with Gasteiger partial charge < -0.3 is 15.2 Å². The van der Waals surface area contributed by atoms with E-state index in [4.69, 9.17) is 21.4 Å². The Balaban J connectivity index is 1.30. The lowest BCUT2D eigenvalue weighted by molar-refractivity contribution is -0.117. The Labute approximate surface area is 259 Å². The maximum atomic E-state index is 13.3. The molecule has 5 aromatic rings. The number of carboxylic acid groups (broad SMARTS) is 1. The molecule has 0 saturated carbocycles. The maximum Gasteiger partial charge on any atom is 0.409 e. The SMILES string of the molecule is O=C(O)Nc1ccc(-c2cc(C(Cc3cc4n(n3)CCCO4)NC(=O)C=Cc3cc(Cl)ccc3-n3cnnn3)n[nH]c2=O)cc1. The molecule has 1 aliphatic heterocycles. The number of carbonyl (C=O) groups excluding carboxylic acids is 1. The van der Waals surface area contributed by atoms with Gasteiger partial charge in [0.2, 0.25) is 11.8 Å². The number of halogens is 1. The van der Waals surface area contributed by atoms with Crippen LogP contribution in [0.4, 0.5) is 10.5 Å². The van der Waals surface area contributed by atoms with E-state index in [1.807, 2.05) is 6.07 Å².